The maximum Gasteiger partial charge on any atom is 0.148 e. The molecule has 1 heterocycles. The van der Waals surface area contributed by atoms with Gasteiger partial charge >= 0.3 is 0 Å². The molecular formula is C5H4BrFOS. The van der Waals surface area contributed by atoms with Crippen molar-refractivity contribution in [3.63, 3.8) is 0 Å². The molecule has 50 valence electrons. The summed E-state index contributed by atoms with van der Waals surface area (Å²) in [5, 5.41) is 8.50. The van der Waals surface area contributed by atoms with Gasteiger partial charge in [-0.25, -0.2) is 4.39 Å². The van der Waals surface area contributed by atoms with Gasteiger partial charge in [-0.15, -0.1) is 11.3 Å². The molecule has 0 aliphatic carbocycles. The van der Waals surface area contributed by atoms with E-state index in [1.165, 1.54) is 17.4 Å². The second-order valence-electron chi connectivity index (χ2n) is 1.49. The molecule has 1 aromatic rings. The number of aliphatic hydroxyl groups is 1. The summed E-state index contributed by atoms with van der Waals surface area (Å²) in [7, 11) is 0. The number of halogens is 2. The number of hydrogen-bond acceptors (Lipinski definition) is 2. The van der Waals surface area contributed by atoms with E-state index in [1.807, 2.05) is 0 Å². The van der Waals surface area contributed by atoms with Crippen molar-refractivity contribution in [2.75, 3.05) is 0 Å². The first-order valence-electron chi connectivity index (χ1n) is 2.28. The Balaban J connectivity index is 2.98. The molecule has 0 amide bonds. The van der Waals surface area contributed by atoms with Crippen LogP contribution in [0.25, 0.3) is 0 Å². The monoisotopic (exact) mass is 210 g/mol. The molecule has 1 nitrogen and oxygen atoms in total. The second-order valence-corrected chi connectivity index (χ2v) is 3.95. The Morgan fingerprint density at radius 2 is 2.44 bits per heavy atom. The van der Waals surface area contributed by atoms with Gasteiger partial charge < -0.3 is 5.11 Å². The van der Waals surface area contributed by atoms with Crippen LogP contribution in [0.4, 0.5) is 4.39 Å². The summed E-state index contributed by atoms with van der Waals surface area (Å²) in [6.45, 7) is -0.0901. The van der Waals surface area contributed by atoms with Crippen LogP contribution in [0.1, 0.15) is 4.88 Å². The third-order valence-corrected chi connectivity index (χ3v) is 2.60. The maximum absolute atomic E-state index is 12.4. The summed E-state index contributed by atoms with van der Waals surface area (Å²) >= 11 is 4.20. The fourth-order valence-electron chi connectivity index (χ4n) is 0.469. The Morgan fingerprint density at radius 1 is 1.78 bits per heavy atom. The van der Waals surface area contributed by atoms with Crippen molar-refractivity contribution < 1.29 is 9.50 Å². The van der Waals surface area contributed by atoms with Crippen molar-refractivity contribution in [1.29, 1.82) is 0 Å². The topological polar surface area (TPSA) is 20.2 Å². The van der Waals surface area contributed by atoms with Crippen LogP contribution in [0, 0.1) is 5.82 Å². The standard InChI is InChI=1S/C5H4BrFOS/c6-5-4(7)1-3(2-8)9-5/h1,8H,2H2. The minimum absolute atomic E-state index is 0.0901. The SMILES string of the molecule is OCc1cc(F)c(Br)s1. The van der Waals surface area contributed by atoms with Gasteiger partial charge in [-0.05, 0) is 22.0 Å². The lowest BCUT2D eigenvalue weighted by Gasteiger charge is -1.79. The lowest BCUT2D eigenvalue weighted by Crippen LogP contribution is -1.71. The second kappa shape index (κ2) is 2.77. The summed E-state index contributed by atoms with van der Waals surface area (Å²) in [6.07, 6.45) is 0. The molecule has 0 saturated carbocycles. The summed E-state index contributed by atoms with van der Waals surface area (Å²) in [6, 6.07) is 1.31. The van der Waals surface area contributed by atoms with Crippen molar-refractivity contribution in [3.8, 4) is 0 Å². The first-order valence-corrected chi connectivity index (χ1v) is 3.89. The smallest absolute Gasteiger partial charge is 0.148 e. The Hall–Kier alpha value is 0.0700. The van der Waals surface area contributed by atoms with Crippen molar-refractivity contribution in [1.82, 2.24) is 0 Å². The average molecular weight is 211 g/mol. The van der Waals surface area contributed by atoms with E-state index in [1.54, 1.807) is 0 Å². The third kappa shape index (κ3) is 1.50. The van der Waals surface area contributed by atoms with Crippen LogP contribution in [0.15, 0.2) is 9.85 Å². The first-order chi connectivity index (χ1) is 4.24. The minimum Gasteiger partial charge on any atom is -0.391 e. The molecule has 0 radical (unpaired) electrons. The summed E-state index contributed by atoms with van der Waals surface area (Å²) in [5.74, 6) is -0.302. The molecule has 1 aromatic heterocycles. The van der Waals surface area contributed by atoms with Crippen LogP contribution < -0.4 is 0 Å². The van der Waals surface area contributed by atoms with E-state index in [-0.39, 0.29) is 12.4 Å². The van der Waals surface area contributed by atoms with Gasteiger partial charge in [-0.3, -0.25) is 0 Å². The zero-order valence-electron chi connectivity index (χ0n) is 4.40. The third-order valence-electron chi connectivity index (χ3n) is 0.852. The number of hydrogen-bond donors (Lipinski definition) is 1. The van der Waals surface area contributed by atoms with E-state index in [4.69, 9.17) is 5.11 Å². The predicted molar refractivity (Wildman–Crippen MR) is 37.9 cm³/mol. The molecular weight excluding hydrogens is 207 g/mol. The number of thiophene rings is 1. The first kappa shape index (κ1) is 7.18. The van der Waals surface area contributed by atoms with Gasteiger partial charge in [0, 0.05) is 4.88 Å². The largest absolute Gasteiger partial charge is 0.391 e. The lowest BCUT2D eigenvalue weighted by atomic mass is 10.5. The highest BCUT2D eigenvalue weighted by molar-refractivity contribution is 9.11. The van der Waals surface area contributed by atoms with Crippen molar-refractivity contribution in [2.24, 2.45) is 0 Å². The van der Waals surface area contributed by atoms with Crippen LogP contribution in [-0.4, -0.2) is 5.11 Å². The molecule has 0 unspecified atom stereocenters. The quantitative estimate of drug-likeness (QED) is 0.754. The van der Waals surface area contributed by atoms with Gasteiger partial charge in [-0.2, -0.15) is 0 Å². The van der Waals surface area contributed by atoms with Gasteiger partial charge in [0.15, 0.2) is 0 Å². The van der Waals surface area contributed by atoms with Gasteiger partial charge in [-0.1, -0.05) is 0 Å². The molecule has 1 N–H and O–H groups in total. The molecule has 0 aliphatic heterocycles. The van der Waals surface area contributed by atoms with Crippen molar-refractivity contribution in [2.45, 2.75) is 6.61 Å². The predicted octanol–water partition coefficient (Wildman–Crippen LogP) is 2.14. The Kier molecular flexibility index (Phi) is 2.21. The van der Waals surface area contributed by atoms with Crippen LogP contribution in [0.3, 0.4) is 0 Å². The van der Waals surface area contributed by atoms with Crippen LogP contribution in [0.2, 0.25) is 0 Å². The zero-order valence-corrected chi connectivity index (χ0v) is 6.80. The van der Waals surface area contributed by atoms with E-state index in [0.29, 0.717) is 8.66 Å². The molecule has 9 heavy (non-hydrogen) atoms. The van der Waals surface area contributed by atoms with Crippen molar-refractivity contribution >= 4 is 27.3 Å². The van der Waals surface area contributed by atoms with Gasteiger partial charge in [0.25, 0.3) is 0 Å². The van der Waals surface area contributed by atoms with Gasteiger partial charge in [0.1, 0.15) is 9.60 Å². The molecule has 0 spiro atoms. The summed E-state index contributed by atoms with van der Waals surface area (Å²) in [4.78, 5) is 0.638. The Labute approximate surface area is 64.3 Å². The molecule has 0 aromatic carbocycles. The van der Waals surface area contributed by atoms with E-state index >= 15 is 0 Å². The van der Waals surface area contributed by atoms with Gasteiger partial charge in [0.2, 0.25) is 0 Å². The summed E-state index contributed by atoms with van der Waals surface area (Å²) in [5.41, 5.74) is 0. The normalized spacial score (nSPS) is 10.1. The zero-order chi connectivity index (χ0) is 6.85. The fourth-order valence-corrected chi connectivity index (χ4v) is 1.82. The van der Waals surface area contributed by atoms with Crippen molar-refractivity contribution in [3.05, 3.63) is 20.5 Å². The Morgan fingerprint density at radius 3 is 2.67 bits per heavy atom. The molecule has 0 fully saturated rings. The average Bonchev–Trinajstić information content (AvgIpc) is 2.13. The highest BCUT2D eigenvalue weighted by Crippen LogP contribution is 2.26. The van der Waals surface area contributed by atoms with Crippen LogP contribution in [-0.2, 0) is 6.61 Å². The fraction of sp³-hybridized carbons (Fsp3) is 0.200. The van der Waals surface area contributed by atoms with Gasteiger partial charge in [0.05, 0.1) is 6.61 Å². The molecule has 0 aliphatic rings. The molecule has 0 saturated heterocycles. The van der Waals surface area contributed by atoms with E-state index in [9.17, 15) is 4.39 Å². The lowest BCUT2D eigenvalue weighted by molar-refractivity contribution is 0.285. The summed E-state index contributed by atoms with van der Waals surface area (Å²) < 4.78 is 12.8. The molecule has 1 rings (SSSR count). The minimum atomic E-state index is -0.302. The van der Waals surface area contributed by atoms with Crippen LogP contribution >= 0.6 is 27.3 Å². The molecule has 0 atom stereocenters. The highest BCUT2D eigenvalue weighted by Gasteiger charge is 2.03. The van der Waals surface area contributed by atoms with E-state index in [0.717, 1.165) is 0 Å². The molecule has 4 heteroatoms. The highest BCUT2D eigenvalue weighted by atomic mass is 79.9. The van der Waals surface area contributed by atoms with E-state index in [2.05, 4.69) is 15.9 Å². The van der Waals surface area contributed by atoms with E-state index < -0.39 is 0 Å². The van der Waals surface area contributed by atoms with Crippen LogP contribution in [0.5, 0.6) is 0 Å². The maximum atomic E-state index is 12.4. The molecule has 0 bridgehead atoms. The number of aliphatic hydroxyl groups excluding tert-OH is 1. The number of rotatable bonds is 1. The Bertz CT molecular complexity index is 191.